The van der Waals surface area contributed by atoms with Gasteiger partial charge in [0.15, 0.2) is 5.69 Å². The van der Waals surface area contributed by atoms with Crippen LogP contribution in [0.2, 0.25) is 0 Å². The Morgan fingerprint density at radius 1 is 1.38 bits per heavy atom. The molecule has 0 bridgehead atoms. The number of primary sulfonamides is 1. The summed E-state index contributed by atoms with van der Waals surface area (Å²) in [5.74, 6) is -0.673. The first-order valence-electron chi connectivity index (χ1n) is 6.82. The molecule has 4 N–H and O–H groups in total. The van der Waals surface area contributed by atoms with Crippen LogP contribution in [-0.2, 0) is 10.0 Å². The molecule has 0 aromatic carbocycles. The van der Waals surface area contributed by atoms with Crippen LogP contribution in [0.3, 0.4) is 0 Å². The van der Waals surface area contributed by atoms with E-state index in [-0.39, 0.29) is 21.9 Å². The number of nitrogens with two attached hydrogens (primary N) is 1. The van der Waals surface area contributed by atoms with Gasteiger partial charge in [-0.2, -0.15) is 5.10 Å². The Morgan fingerprint density at radius 3 is 2.38 bits per heavy atom. The molecule has 0 saturated carbocycles. The van der Waals surface area contributed by atoms with Gasteiger partial charge in [-0.25, -0.2) is 13.6 Å². The van der Waals surface area contributed by atoms with E-state index in [0.29, 0.717) is 12.2 Å². The summed E-state index contributed by atoms with van der Waals surface area (Å²) in [6.45, 7) is 10.2. The van der Waals surface area contributed by atoms with Gasteiger partial charge in [0.25, 0.3) is 5.91 Å². The number of rotatable bonds is 5. The molecule has 0 spiro atoms. The summed E-state index contributed by atoms with van der Waals surface area (Å²) < 4.78 is 23.4. The van der Waals surface area contributed by atoms with Crippen molar-refractivity contribution in [3.05, 3.63) is 11.4 Å². The van der Waals surface area contributed by atoms with Crippen molar-refractivity contribution in [2.45, 2.75) is 51.9 Å². The first-order chi connectivity index (χ1) is 9.43. The Balaban J connectivity index is 3.01. The molecule has 7 nitrogen and oxygen atoms in total. The summed E-state index contributed by atoms with van der Waals surface area (Å²) in [7, 11) is -4.02. The number of aromatic nitrogens is 2. The third-order valence-corrected chi connectivity index (χ3v) is 3.97. The second-order valence-electron chi connectivity index (χ2n) is 6.58. The number of H-pyrrole nitrogens is 1. The Morgan fingerprint density at radius 2 is 1.95 bits per heavy atom. The number of amides is 1. The molecule has 0 aliphatic heterocycles. The molecule has 1 amide bonds. The van der Waals surface area contributed by atoms with E-state index in [9.17, 15) is 13.2 Å². The van der Waals surface area contributed by atoms with Crippen molar-refractivity contribution >= 4 is 15.9 Å². The van der Waals surface area contributed by atoms with Gasteiger partial charge < -0.3 is 5.32 Å². The molecule has 21 heavy (non-hydrogen) atoms. The van der Waals surface area contributed by atoms with Gasteiger partial charge in [-0.3, -0.25) is 9.89 Å². The molecular formula is C13H24N4O3S. The van der Waals surface area contributed by atoms with Gasteiger partial charge in [0.2, 0.25) is 10.0 Å². The van der Waals surface area contributed by atoms with Gasteiger partial charge in [-0.1, -0.05) is 34.6 Å². The van der Waals surface area contributed by atoms with Crippen molar-refractivity contribution in [1.29, 1.82) is 0 Å². The smallest absolute Gasteiger partial charge is 0.273 e. The van der Waals surface area contributed by atoms with Gasteiger partial charge in [0.1, 0.15) is 4.90 Å². The summed E-state index contributed by atoms with van der Waals surface area (Å²) in [4.78, 5) is 11.9. The number of nitrogens with zero attached hydrogens (tertiary/aromatic N) is 1. The third kappa shape index (κ3) is 4.82. The highest BCUT2D eigenvalue weighted by Crippen LogP contribution is 2.24. The molecule has 0 unspecified atom stereocenters. The van der Waals surface area contributed by atoms with Crippen LogP contribution in [0.5, 0.6) is 0 Å². The molecule has 0 fully saturated rings. The molecule has 0 radical (unpaired) electrons. The van der Waals surface area contributed by atoms with Crippen LogP contribution in [0.15, 0.2) is 4.90 Å². The van der Waals surface area contributed by atoms with Crippen LogP contribution in [0, 0.1) is 5.41 Å². The van der Waals surface area contributed by atoms with E-state index in [1.807, 2.05) is 0 Å². The lowest BCUT2D eigenvalue weighted by Crippen LogP contribution is -2.29. The second-order valence-corrected chi connectivity index (χ2v) is 8.08. The molecule has 1 heterocycles. The maximum absolute atomic E-state index is 12.1. The minimum Gasteiger partial charge on any atom is -0.351 e. The number of carbonyl (C=O) groups is 1. The van der Waals surface area contributed by atoms with E-state index in [0.717, 1.165) is 6.42 Å². The summed E-state index contributed by atoms with van der Waals surface area (Å²) in [6, 6.07) is 0. The van der Waals surface area contributed by atoms with E-state index in [4.69, 9.17) is 5.14 Å². The minimum absolute atomic E-state index is 0.0741. The number of sulfonamides is 1. The van der Waals surface area contributed by atoms with Crippen LogP contribution in [0.1, 0.15) is 63.1 Å². The molecule has 8 heteroatoms. The maximum Gasteiger partial charge on any atom is 0.273 e. The van der Waals surface area contributed by atoms with Gasteiger partial charge in [-0.05, 0) is 17.8 Å². The normalized spacial score (nSPS) is 12.7. The molecule has 0 aliphatic rings. The lowest BCUT2D eigenvalue weighted by Gasteiger charge is -2.17. The number of carbonyl (C=O) groups excluding carboxylic acids is 1. The van der Waals surface area contributed by atoms with Crippen LogP contribution in [0.25, 0.3) is 0 Å². The fraction of sp³-hybridized carbons (Fsp3) is 0.692. The van der Waals surface area contributed by atoms with E-state index >= 15 is 0 Å². The third-order valence-electron chi connectivity index (χ3n) is 2.99. The molecular weight excluding hydrogens is 292 g/mol. The Bertz CT molecular complexity index is 612. The van der Waals surface area contributed by atoms with Crippen molar-refractivity contribution < 1.29 is 13.2 Å². The maximum atomic E-state index is 12.1. The quantitative estimate of drug-likeness (QED) is 0.759. The van der Waals surface area contributed by atoms with E-state index in [1.165, 1.54) is 0 Å². The minimum atomic E-state index is -4.02. The largest absolute Gasteiger partial charge is 0.351 e. The molecule has 0 saturated heterocycles. The number of hydrogen-bond acceptors (Lipinski definition) is 4. The predicted molar refractivity (Wildman–Crippen MR) is 80.5 cm³/mol. The highest BCUT2D eigenvalue weighted by atomic mass is 32.2. The molecule has 1 rings (SSSR count). The van der Waals surface area contributed by atoms with Crippen molar-refractivity contribution in [2.75, 3.05) is 6.54 Å². The molecule has 0 atom stereocenters. The van der Waals surface area contributed by atoms with Crippen LogP contribution in [-0.4, -0.2) is 31.1 Å². The number of aromatic amines is 1. The van der Waals surface area contributed by atoms with Crippen molar-refractivity contribution in [3.8, 4) is 0 Å². The van der Waals surface area contributed by atoms with Crippen LogP contribution >= 0.6 is 0 Å². The zero-order valence-electron chi connectivity index (χ0n) is 13.1. The summed E-state index contributed by atoms with van der Waals surface area (Å²) in [6.07, 6.45) is 0.769. The van der Waals surface area contributed by atoms with Crippen molar-refractivity contribution in [3.63, 3.8) is 0 Å². The predicted octanol–water partition coefficient (Wildman–Crippen LogP) is 1.35. The number of nitrogens with one attached hydrogen (secondary N) is 2. The van der Waals surface area contributed by atoms with Gasteiger partial charge >= 0.3 is 0 Å². The fourth-order valence-corrected chi connectivity index (χ4v) is 2.81. The average Bonchev–Trinajstić information content (AvgIpc) is 2.70. The lowest BCUT2D eigenvalue weighted by atomic mass is 9.92. The van der Waals surface area contributed by atoms with Crippen molar-refractivity contribution in [1.82, 2.24) is 15.5 Å². The van der Waals surface area contributed by atoms with E-state index < -0.39 is 15.9 Å². The van der Waals surface area contributed by atoms with Gasteiger partial charge in [0.05, 0.1) is 5.69 Å². The highest BCUT2D eigenvalue weighted by molar-refractivity contribution is 7.89. The van der Waals surface area contributed by atoms with E-state index in [1.54, 1.807) is 13.8 Å². The van der Waals surface area contributed by atoms with Gasteiger partial charge in [-0.15, -0.1) is 0 Å². The summed E-state index contributed by atoms with van der Waals surface area (Å²) >= 11 is 0. The zero-order valence-corrected chi connectivity index (χ0v) is 14.0. The Kier molecular flexibility index (Phi) is 5.16. The Hall–Kier alpha value is -1.41. The second kappa shape index (κ2) is 6.15. The lowest BCUT2D eigenvalue weighted by molar-refractivity contribution is 0.0941. The standard InChI is InChI=1S/C13H24N4O3S/c1-8(2)9-11(21(14,19)20)10(17-16-9)12(18)15-7-6-13(3,4)5/h8H,6-7H2,1-5H3,(H,15,18)(H,16,17)(H2,14,19,20). The molecule has 120 valence electrons. The van der Waals surface area contributed by atoms with Crippen molar-refractivity contribution in [2.24, 2.45) is 10.6 Å². The monoisotopic (exact) mass is 316 g/mol. The highest BCUT2D eigenvalue weighted by Gasteiger charge is 2.28. The fourth-order valence-electron chi connectivity index (χ4n) is 1.81. The SMILES string of the molecule is CC(C)c1[nH]nc(C(=O)NCCC(C)(C)C)c1S(N)(=O)=O. The summed E-state index contributed by atoms with van der Waals surface area (Å²) in [5, 5.41) is 14.3. The zero-order chi connectivity index (χ0) is 16.4. The van der Waals surface area contributed by atoms with Crippen LogP contribution < -0.4 is 10.5 Å². The number of hydrogen-bond donors (Lipinski definition) is 3. The average molecular weight is 316 g/mol. The molecule has 0 aliphatic carbocycles. The summed E-state index contributed by atoms with van der Waals surface area (Å²) in [5.41, 5.74) is 0.249. The first kappa shape index (κ1) is 17.6. The van der Waals surface area contributed by atoms with E-state index in [2.05, 4.69) is 36.3 Å². The Labute approximate surface area is 125 Å². The molecule has 1 aromatic heterocycles. The van der Waals surface area contributed by atoms with Gasteiger partial charge in [0, 0.05) is 6.54 Å². The topological polar surface area (TPSA) is 118 Å². The molecule has 1 aromatic rings. The van der Waals surface area contributed by atoms with Crippen LogP contribution in [0.4, 0.5) is 0 Å². The first-order valence-corrected chi connectivity index (χ1v) is 8.37.